The third kappa shape index (κ3) is 6.43. The van der Waals surface area contributed by atoms with Crippen LogP contribution < -0.4 is 29.8 Å². The van der Waals surface area contributed by atoms with Crippen LogP contribution in [0.3, 0.4) is 0 Å². The predicted octanol–water partition coefficient (Wildman–Crippen LogP) is 4.02. The maximum atomic E-state index is 14.7. The third-order valence-corrected chi connectivity index (χ3v) is 6.36. The zero-order chi connectivity index (χ0) is 26.6. The SMILES string of the molecule is COc1ccc(OP(OCC2OC(n3cc(F)c(=O)[nH]c3=O)CC2(F)F)Oc2ccc(OC)cc2)cc1. The summed E-state index contributed by atoms with van der Waals surface area (Å²) >= 11 is 0. The van der Waals surface area contributed by atoms with Gasteiger partial charge in [-0.05, 0) is 48.5 Å². The lowest BCUT2D eigenvalue weighted by Gasteiger charge is -2.22. The number of hydrogen-bond donors (Lipinski definition) is 1. The van der Waals surface area contributed by atoms with E-state index < -0.39 is 57.0 Å². The zero-order valence-electron chi connectivity index (χ0n) is 19.6. The van der Waals surface area contributed by atoms with Gasteiger partial charge in [0.2, 0.25) is 5.82 Å². The molecule has 1 N–H and O–H groups in total. The number of alkyl halides is 2. The maximum Gasteiger partial charge on any atom is 0.463 e. The van der Waals surface area contributed by atoms with Crippen molar-refractivity contribution in [1.82, 2.24) is 9.55 Å². The Kier molecular flexibility index (Phi) is 8.06. The Morgan fingerprint density at radius 1 is 0.973 bits per heavy atom. The van der Waals surface area contributed by atoms with Gasteiger partial charge in [0.25, 0.3) is 11.5 Å². The number of methoxy groups -OCH3 is 2. The van der Waals surface area contributed by atoms with Crippen molar-refractivity contribution >= 4 is 8.60 Å². The van der Waals surface area contributed by atoms with E-state index in [0.29, 0.717) is 33.8 Å². The van der Waals surface area contributed by atoms with Gasteiger partial charge in [0, 0.05) is 0 Å². The fourth-order valence-corrected chi connectivity index (χ4v) is 4.33. The molecule has 1 aromatic heterocycles. The van der Waals surface area contributed by atoms with Crippen molar-refractivity contribution in [3.63, 3.8) is 0 Å². The first-order valence-corrected chi connectivity index (χ1v) is 11.9. The first-order chi connectivity index (χ1) is 17.7. The van der Waals surface area contributed by atoms with Crippen molar-refractivity contribution in [3.05, 3.63) is 81.4 Å². The Labute approximate surface area is 209 Å². The van der Waals surface area contributed by atoms with E-state index in [0.717, 1.165) is 0 Å². The van der Waals surface area contributed by atoms with Crippen LogP contribution in [0.1, 0.15) is 12.6 Å². The summed E-state index contributed by atoms with van der Waals surface area (Å²) in [6.45, 7) is -0.678. The summed E-state index contributed by atoms with van der Waals surface area (Å²) in [5.74, 6) is -2.95. The molecule has 1 aliphatic rings. The van der Waals surface area contributed by atoms with Crippen molar-refractivity contribution in [2.75, 3.05) is 20.8 Å². The van der Waals surface area contributed by atoms with E-state index in [1.807, 2.05) is 0 Å². The molecule has 0 saturated carbocycles. The quantitative estimate of drug-likeness (QED) is 0.383. The highest BCUT2D eigenvalue weighted by atomic mass is 31.2. The Morgan fingerprint density at radius 2 is 1.49 bits per heavy atom. The van der Waals surface area contributed by atoms with Crippen LogP contribution in [0.5, 0.6) is 23.0 Å². The largest absolute Gasteiger partial charge is 0.497 e. The highest BCUT2D eigenvalue weighted by Crippen LogP contribution is 2.46. The number of nitrogens with one attached hydrogen (secondary N) is 1. The molecular formula is C23H22F3N2O8P. The van der Waals surface area contributed by atoms with Gasteiger partial charge in [-0.25, -0.2) is 13.6 Å². The minimum absolute atomic E-state index is 0.327. The number of H-pyrrole nitrogens is 1. The van der Waals surface area contributed by atoms with Crippen LogP contribution in [0.4, 0.5) is 13.2 Å². The molecule has 0 radical (unpaired) electrons. The van der Waals surface area contributed by atoms with Gasteiger partial charge < -0.3 is 23.3 Å². The van der Waals surface area contributed by atoms with Gasteiger partial charge in [-0.15, -0.1) is 0 Å². The van der Waals surface area contributed by atoms with Gasteiger partial charge in [-0.2, -0.15) is 4.39 Å². The summed E-state index contributed by atoms with van der Waals surface area (Å²) in [4.78, 5) is 25.0. The number of hydrogen-bond acceptors (Lipinski definition) is 8. The second kappa shape index (κ2) is 11.2. The van der Waals surface area contributed by atoms with Gasteiger partial charge in [0.15, 0.2) is 0 Å². The van der Waals surface area contributed by atoms with Gasteiger partial charge in [0.05, 0.1) is 33.4 Å². The number of benzene rings is 2. The standard InChI is InChI=1S/C23H22F3N2O8P/c1-31-14-3-7-16(8-4-14)35-37(36-17-9-5-15(32-2)6-10-17)33-13-19-23(25,26)11-20(34-19)28-12-18(24)21(29)27-22(28)30/h3-10,12,19-20H,11,13H2,1-2H3,(H,27,29,30). The number of nitrogens with zero attached hydrogens (tertiary/aromatic N) is 1. The lowest BCUT2D eigenvalue weighted by atomic mass is 10.2. The molecule has 2 unspecified atom stereocenters. The minimum Gasteiger partial charge on any atom is -0.497 e. The van der Waals surface area contributed by atoms with E-state index in [4.69, 9.17) is 27.8 Å². The summed E-state index contributed by atoms with van der Waals surface area (Å²) in [6.07, 6.45) is -3.76. The summed E-state index contributed by atoms with van der Waals surface area (Å²) in [6, 6.07) is 12.9. The van der Waals surface area contributed by atoms with Crippen molar-refractivity contribution in [3.8, 4) is 23.0 Å². The van der Waals surface area contributed by atoms with E-state index >= 15 is 0 Å². The molecule has 2 atom stereocenters. The monoisotopic (exact) mass is 542 g/mol. The van der Waals surface area contributed by atoms with E-state index in [2.05, 4.69) is 0 Å². The topological polar surface area (TPSA) is 110 Å². The first-order valence-electron chi connectivity index (χ1n) is 10.8. The Bertz CT molecular complexity index is 1270. The van der Waals surface area contributed by atoms with E-state index in [1.165, 1.54) is 14.2 Å². The predicted molar refractivity (Wildman–Crippen MR) is 125 cm³/mol. The molecule has 37 heavy (non-hydrogen) atoms. The lowest BCUT2D eigenvalue weighted by Crippen LogP contribution is -2.34. The molecule has 4 rings (SSSR count). The average molecular weight is 542 g/mol. The molecule has 1 saturated heterocycles. The van der Waals surface area contributed by atoms with Crippen LogP contribution >= 0.6 is 8.60 Å². The molecule has 3 aromatic rings. The maximum absolute atomic E-state index is 14.7. The van der Waals surface area contributed by atoms with E-state index in [1.54, 1.807) is 53.5 Å². The molecule has 0 spiro atoms. The molecule has 2 heterocycles. The second-order valence-corrected chi connectivity index (χ2v) is 8.81. The van der Waals surface area contributed by atoms with Gasteiger partial charge in [-0.1, -0.05) is 0 Å². The van der Waals surface area contributed by atoms with Crippen LogP contribution in [0.2, 0.25) is 0 Å². The lowest BCUT2D eigenvalue weighted by molar-refractivity contribution is -0.0985. The summed E-state index contributed by atoms with van der Waals surface area (Å²) in [7, 11) is 0.753. The molecule has 1 fully saturated rings. The third-order valence-electron chi connectivity index (χ3n) is 5.28. The average Bonchev–Trinajstić information content (AvgIpc) is 3.19. The minimum atomic E-state index is -3.45. The molecular weight excluding hydrogens is 520 g/mol. The number of aromatic amines is 1. The first kappa shape index (κ1) is 26.5. The summed E-state index contributed by atoms with van der Waals surface area (Å²) < 4.78 is 76.3. The smallest absolute Gasteiger partial charge is 0.463 e. The molecule has 2 aromatic carbocycles. The van der Waals surface area contributed by atoms with Gasteiger partial charge in [-0.3, -0.25) is 18.9 Å². The Morgan fingerprint density at radius 3 is 2.00 bits per heavy atom. The fraction of sp³-hybridized carbons (Fsp3) is 0.304. The Hall–Kier alpha value is -3.54. The van der Waals surface area contributed by atoms with Crippen LogP contribution in [0.25, 0.3) is 0 Å². The van der Waals surface area contributed by atoms with Crippen LogP contribution in [0.15, 0.2) is 64.3 Å². The molecule has 10 nitrogen and oxygen atoms in total. The number of aromatic nitrogens is 2. The van der Waals surface area contributed by atoms with E-state index in [-0.39, 0.29) is 0 Å². The molecule has 198 valence electrons. The van der Waals surface area contributed by atoms with Gasteiger partial charge in [0.1, 0.15) is 35.3 Å². The number of rotatable bonds is 10. The van der Waals surface area contributed by atoms with E-state index in [9.17, 15) is 22.8 Å². The fourth-order valence-electron chi connectivity index (χ4n) is 3.35. The highest BCUT2D eigenvalue weighted by Gasteiger charge is 2.51. The van der Waals surface area contributed by atoms with Crippen LogP contribution in [-0.2, 0) is 9.26 Å². The number of halogens is 3. The van der Waals surface area contributed by atoms with Crippen molar-refractivity contribution in [2.45, 2.75) is 24.7 Å². The molecule has 1 aliphatic heterocycles. The molecule has 0 amide bonds. The zero-order valence-corrected chi connectivity index (χ0v) is 20.5. The number of ether oxygens (including phenoxy) is 3. The van der Waals surface area contributed by atoms with Crippen molar-refractivity contribution in [2.24, 2.45) is 0 Å². The Balaban J connectivity index is 1.49. The summed E-state index contributed by atoms with van der Waals surface area (Å²) in [5.41, 5.74) is -2.34. The van der Waals surface area contributed by atoms with Gasteiger partial charge >= 0.3 is 14.3 Å². The molecule has 14 heteroatoms. The molecule has 0 aliphatic carbocycles. The van der Waals surface area contributed by atoms with Crippen LogP contribution in [0, 0.1) is 5.82 Å². The van der Waals surface area contributed by atoms with Crippen LogP contribution in [-0.4, -0.2) is 42.4 Å². The summed E-state index contributed by atoms with van der Waals surface area (Å²) in [5, 5.41) is 0. The van der Waals surface area contributed by atoms with Crippen molar-refractivity contribution < 1.29 is 41.0 Å². The second-order valence-electron chi connectivity index (χ2n) is 7.74. The highest BCUT2D eigenvalue weighted by molar-refractivity contribution is 7.42. The van der Waals surface area contributed by atoms with Crippen molar-refractivity contribution in [1.29, 1.82) is 0 Å². The normalized spacial score (nSPS) is 18.5. The molecule has 0 bridgehead atoms.